The zero-order valence-electron chi connectivity index (χ0n) is 12.7. The molecule has 2 heteroatoms. The highest BCUT2D eigenvalue weighted by Crippen LogP contribution is 2.24. The van der Waals surface area contributed by atoms with E-state index < -0.39 is 0 Å². The van der Waals surface area contributed by atoms with Crippen LogP contribution >= 0.6 is 0 Å². The van der Waals surface area contributed by atoms with Gasteiger partial charge in [0.05, 0.1) is 0 Å². The minimum Gasteiger partial charge on any atom is -0.313 e. The van der Waals surface area contributed by atoms with E-state index in [0.717, 1.165) is 31.5 Å². The molecule has 2 nitrogen and oxygen atoms in total. The molecule has 0 aromatic heterocycles. The lowest BCUT2D eigenvalue weighted by Gasteiger charge is -2.35. The maximum Gasteiger partial charge on any atom is 0.0237 e. The Balaban J connectivity index is 1.98. The lowest BCUT2D eigenvalue weighted by molar-refractivity contribution is 0.132. The third kappa shape index (κ3) is 4.05. The molecule has 1 N–H and O–H groups in total. The Morgan fingerprint density at radius 3 is 2.58 bits per heavy atom. The van der Waals surface area contributed by atoms with Crippen LogP contribution in [0.1, 0.15) is 38.3 Å². The van der Waals surface area contributed by atoms with Gasteiger partial charge in [0.25, 0.3) is 0 Å². The standard InChI is InChI=1S/C17H28N2/c1-4-18-11-16-7-5-6-8-17(16)13-19-10-9-14(2)15(3)12-19/h5-8,14-15,18H,4,9-13H2,1-3H3. The minimum atomic E-state index is 0.828. The van der Waals surface area contributed by atoms with Crippen molar-refractivity contribution in [1.82, 2.24) is 10.2 Å². The summed E-state index contributed by atoms with van der Waals surface area (Å²) in [7, 11) is 0. The van der Waals surface area contributed by atoms with Gasteiger partial charge in [0, 0.05) is 19.6 Å². The fourth-order valence-electron chi connectivity index (χ4n) is 2.88. The molecule has 19 heavy (non-hydrogen) atoms. The average molecular weight is 260 g/mol. The third-order valence-corrected chi connectivity index (χ3v) is 4.50. The molecule has 1 aromatic rings. The van der Waals surface area contributed by atoms with E-state index in [2.05, 4.69) is 55.3 Å². The second-order valence-electron chi connectivity index (χ2n) is 6.03. The first-order chi connectivity index (χ1) is 9.20. The lowest BCUT2D eigenvalue weighted by Crippen LogP contribution is -2.38. The van der Waals surface area contributed by atoms with E-state index in [0.29, 0.717) is 0 Å². The number of rotatable bonds is 5. The van der Waals surface area contributed by atoms with Gasteiger partial charge in [-0.25, -0.2) is 0 Å². The largest absolute Gasteiger partial charge is 0.313 e. The smallest absolute Gasteiger partial charge is 0.0237 e. The number of likely N-dealkylation sites (tertiary alicyclic amines) is 1. The van der Waals surface area contributed by atoms with E-state index in [-0.39, 0.29) is 0 Å². The van der Waals surface area contributed by atoms with Gasteiger partial charge in [-0.2, -0.15) is 0 Å². The SMILES string of the molecule is CCNCc1ccccc1CN1CCC(C)C(C)C1. The Morgan fingerprint density at radius 1 is 1.16 bits per heavy atom. The summed E-state index contributed by atoms with van der Waals surface area (Å²) in [5.41, 5.74) is 2.95. The zero-order valence-corrected chi connectivity index (χ0v) is 12.7. The highest BCUT2D eigenvalue weighted by molar-refractivity contribution is 5.27. The van der Waals surface area contributed by atoms with Crippen LogP contribution in [0.5, 0.6) is 0 Å². The highest BCUT2D eigenvalue weighted by Gasteiger charge is 2.22. The molecule has 0 saturated carbocycles. The van der Waals surface area contributed by atoms with Crippen LogP contribution in [-0.2, 0) is 13.1 Å². The Hall–Kier alpha value is -0.860. The fourth-order valence-corrected chi connectivity index (χ4v) is 2.88. The summed E-state index contributed by atoms with van der Waals surface area (Å²) in [5.74, 6) is 1.71. The molecule has 0 aliphatic carbocycles. The van der Waals surface area contributed by atoms with E-state index in [9.17, 15) is 0 Å². The van der Waals surface area contributed by atoms with Crippen LogP contribution in [0.2, 0.25) is 0 Å². The van der Waals surface area contributed by atoms with E-state index in [1.54, 1.807) is 0 Å². The molecule has 2 rings (SSSR count). The molecule has 1 fully saturated rings. The van der Waals surface area contributed by atoms with Gasteiger partial charge in [0.15, 0.2) is 0 Å². The van der Waals surface area contributed by atoms with Crippen LogP contribution in [0.25, 0.3) is 0 Å². The predicted molar refractivity (Wildman–Crippen MR) is 82.0 cm³/mol. The van der Waals surface area contributed by atoms with Gasteiger partial charge in [0.1, 0.15) is 0 Å². The van der Waals surface area contributed by atoms with Crippen molar-refractivity contribution in [3.05, 3.63) is 35.4 Å². The van der Waals surface area contributed by atoms with Crippen LogP contribution in [0.3, 0.4) is 0 Å². The summed E-state index contributed by atoms with van der Waals surface area (Å²) in [5, 5.41) is 3.44. The van der Waals surface area contributed by atoms with Gasteiger partial charge in [-0.3, -0.25) is 4.90 Å². The Morgan fingerprint density at radius 2 is 1.89 bits per heavy atom. The first-order valence-corrected chi connectivity index (χ1v) is 7.70. The van der Waals surface area contributed by atoms with Crippen molar-refractivity contribution in [3.8, 4) is 0 Å². The van der Waals surface area contributed by atoms with E-state index in [1.165, 1.54) is 30.6 Å². The molecule has 1 aromatic carbocycles. The normalized spacial score (nSPS) is 24.6. The van der Waals surface area contributed by atoms with Crippen molar-refractivity contribution in [2.75, 3.05) is 19.6 Å². The molecule has 0 spiro atoms. The van der Waals surface area contributed by atoms with Crippen LogP contribution in [0.4, 0.5) is 0 Å². The monoisotopic (exact) mass is 260 g/mol. The first kappa shape index (κ1) is 14.5. The van der Waals surface area contributed by atoms with Crippen molar-refractivity contribution in [2.45, 2.75) is 40.3 Å². The van der Waals surface area contributed by atoms with Crippen LogP contribution in [0, 0.1) is 11.8 Å². The van der Waals surface area contributed by atoms with Gasteiger partial charge in [-0.15, -0.1) is 0 Å². The third-order valence-electron chi connectivity index (χ3n) is 4.50. The van der Waals surface area contributed by atoms with E-state index in [4.69, 9.17) is 0 Å². The molecular weight excluding hydrogens is 232 g/mol. The summed E-state index contributed by atoms with van der Waals surface area (Å²) in [6.07, 6.45) is 1.34. The summed E-state index contributed by atoms with van der Waals surface area (Å²) in [6.45, 7) is 12.6. The lowest BCUT2D eigenvalue weighted by atomic mass is 9.88. The molecular formula is C17H28N2. The second-order valence-corrected chi connectivity index (χ2v) is 6.03. The first-order valence-electron chi connectivity index (χ1n) is 7.70. The van der Waals surface area contributed by atoms with Gasteiger partial charge >= 0.3 is 0 Å². The second kappa shape index (κ2) is 7.06. The van der Waals surface area contributed by atoms with Gasteiger partial charge in [0.2, 0.25) is 0 Å². The predicted octanol–water partition coefficient (Wildman–Crippen LogP) is 3.27. The maximum atomic E-state index is 3.44. The number of nitrogens with one attached hydrogen (secondary N) is 1. The fraction of sp³-hybridized carbons (Fsp3) is 0.647. The summed E-state index contributed by atoms with van der Waals surface area (Å²) in [6, 6.07) is 8.86. The number of hydrogen-bond donors (Lipinski definition) is 1. The average Bonchev–Trinajstić information content (AvgIpc) is 2.42. The van der Waals surface area contributed by atoms with Crippen molar-refractivity contribution >= 4 is 0 Å². The number of benzene rings is 1. The number of hydrogen-bond acceptors (Lipinski definition) is 2. The quantitative estimate of drug-likeness (QED) is 0.874. The Kier molecular flexibility index (Phi) is 5.41. The Labute approximate surface area is 118 Å². The molecule has 0 amide bonds. The molecule has 1 aliphatic heterocycles. The topological polar surface area (TPSA) is 15.3 Å². The van der Waals surface area contributed by atoms with E-state index in [1.807, 2.05) is 0 Å². The van der Waals surface area contributed by atoms with Crippen LogP contribution in [-0.4, -0.2) is 24.5 Å². The summed E-state index contributed by atoms with van der Waals surface area (Å²) in [4.78, 5) is 2.62. The maximum absolute atomic E-state index is 3.44. The van der Waals surface area contributed by atoms with Crippen molar-refractivity contribution in [2.24, 2.45) is 11.8 Å². The minimum absolute atomic E-state index is 0.828. The van der Waals surface area contributed by atoms with E-state index >= 15 is 0 Å². The molecule has 0 bridgehead atoms. The molecule has 2 atom stereocenters. The molecule has 1 heterocycles. The summed E-state index contributed by atoms with van der Waals surface area (Å²) < 4.78 is 0. The summed E-state index contributed by atoms with van der Waals surface area (Å²) >= 11 is 0. The van der Waals surface area contributed by atoms with Crippen molar-refractivity contribution in [3.63, 3.8) is 0 Å². The Bertz CT molecular complexity index is 389. The molecule has 0 radical (unpaired) electrons. The van der Waals surface area contributed by atoms with Gasteiger partial charge in [-0.1, -0.05) is 45.0 Å². The molecule has 2 unspecified atom stereocenters. The van der Waals surface area contributed by atoms with Gasteiger partial charge in [-0.05, 0) is 42.5 Å². The zero-order chi connectivity index (χ0) is 13.7. The van der Waals surface area contributed by atoms with Crippen molar-refractivity contribution in [1.29, 1.82) is 0 Å². The molecule has 106 valence electrons. The van der Waals surface area contributed by atoms with Gasteiger partial charge < -0.3 is 5.32 Å². The van der Waals surface area contributed by atoms with Crippen molar-refractivity contribution < 1.29 is 0 Å². The molecule has 1 aliphatic rings. The number of piperidine rings is 1. The number of nitrogens with zero attached hydrogens (tertiary/aromatic N) is 1. The molecule has 1 saturated heterocycles. The van der Waals surface area contributed by atoms with Crippen LogP contribution in [0.15, 0.2) is 24.3 Å². The highest BCUT2D eigenvalue weighted by atomic mass is 15.1. The van der Waals surface area contributed by atoms with Crippen LogP contribution < -0.4 is 5.32 Å².